The van der Waals surface area contributed by atoms with Crippen molar-refractivity contribution in [3.8, 4) is 0 Å². The van der Waals surface area contributed by atoms with E-state index in [1.54, 1.807) is 7.11 Å². The fourth-order valence-electron chi connectivity index (χ4n) is 1.23. The molecular formula is C13H16O2. The van der Waals surface area contributed by atoms with Gasteiger partial charge in [0.1, 0.15) is 6.10 Å². The first-order valence-electron chi connectivity index (χ1n) is 4.90. The molecular weight excluding hydrogens is 188 g/mol. The first-order valence-corrected chi connectivity index (χ1v) is 4.90. The molecule has 0 heterocycles. The Hall–Kier alpha value is -1.34. The first kappa shape index (κ1) is 11.7. The Kier molecular flexibility index (Phi) is 4.85. The molecule has 0 aromatic heterocycles. The van der Waals surface area contributed by atoms with Crippen LogP contribution in [0.2, 0.25) is 0 Å². The summed E-state index contributed by atoms with van der Waals surface area (Å²) < 4.78 is 5.08. The van der Waals surface area contributed by atoms with Crippen LogP contribution in [0.1, 0.15) is 12.5 Å². The lowest BCUT2D eigenvalue weighted by molar-refractivity contribution is 0.0742. The van der Waals surface area contributed by atoms with Crippen molar-refractivity contribution >= 4 is 6.08 Å². The molecule has 2 heteroatoms. The van der Waals surface area contributed by atoms with Gasteiger partial charge in [0, 0.05) is 7.11 Å². The SMILES string of the molecule is CO[C@@H](CO)C(C)=C=Cc1ccccc1. The van der Waals surface area contributed by atoms with Crippen molar-refractivity contribution in [3.05, 3.63) is 47.2 Å². The van der Waals surface area contributed by atoms with Crippen LogP contribution in [-0.4, -0.2) is 24.9 Å². The molecule has 0 amide bonds. The van der Waals surface area contributed by atoms with Crippen molar-refractivity contribution in [2.75, 3.05) is 13.7 Å². The highest BCUT2D eigenvalue weighted by atomic mass is 16.5. The van der Waals surface area contributed by atoms with Gasteiger partial charge in [-0.1, -0.05) is 30.3 Å². The predicted octanol–water partition coefficient (Wildman–Crippen LogP) is 2.25. The Bertz CT molecular complexity index is 344. The van der Waals surface area contributed by atoms with Crippen LogP contribution in [-0.2, 0) is 4.74 Å². The number of rotatable bonds is 4. The third-order valence-corrected chi connectivity index (χ3v) is 2.20. The third-order valence-electron chi connectivity index (χ3n) is 2.20. The van der Waals surface area contributed by atoms with Gasteiger partial charge in [0.15, 0.2) is 0 Å². The molecule has 0 radical (unpaired) electrons. The summed E-state index contributed by atoms with van der Waals surface area (Å²) in [5, 5.41) is 8.99. The van der Waals surface area contributed by atoms with E-state index < -0.39 is 0 Å². The number of methoxy groups -OCH3 is 1. The summed E-state index contributed by atoms with van der Waals surface area (Å²) >= 11 is 0. The second kappa shape index (κ2) is 6.20. The van der Waals surface area contributed by atoms with Crippen molar-refractivity contribution < 1.29 is 9.84 Å². The molecule has 2 nitrogen and oxygen atoms in total. The first-order chi connectivity index (χ1) is 7.27. The van der Waals surface area contributed by atoms with Crippen LogP contribution < -0.4 is 0 Å². The minimum absolute atomic E-state index is 0.0159. The van der Waals surface area contributed by atoms with Gasteiger partial charge >= 0.3 is 0 Å². The highest BCUT2D eigenvalue weighted by Crippen LogP contribution is 2.05. The molecule has 0 aliphatic rings. The quantitative estimate of drug-likeness (QED) is 0.762. The van der Waals surface area contributed by atoms with Crippen LogP contribution in [0.3, 0.4) is 0 Å². The molecule has 1 rings (SSSR count). The largest absolute Gasteiger partial charge is 0.393 e. The van der Waals surface area contributed by atoms with Crippen LogP contribution in [0.4, 0.5) is 0 Å². The van der Waals surface area contributed by atoms with Crippen molar-refractivity contribution in [1.82, 2.24) is 0 Å². The molecule has 0 aliphatic carbocycles. The lowest BCUT2D eigenvalue weighted by Gasteiger charge is -2.09. The Morgan fingerprint density at radius 3 is 2.67 bits per heavy atom. The minimum atomic E-state index is -0.259. The Labute approximate surface area is 90.5 Å². The van der Waals surface area contributed by atoms with E-state index in [4.69, 9.17) is 9.84 Å². The van der Waals surface area contributed by atoms with Gasteiger partial charge in [-0.05, 0) is 24.1 Å². The fraction of sp³-hybridized carbons (Fsp3) is 0.308. The van der Waals surface area contributed by atoms with Crippen molar-refractivity contribution in [2.45, 2.75) is 13.0 Å². The summed E-state index contributed by atoms with van der Waals surface area (Å²) in [5.74, 6) is 0. The maximum absolute atomic E-state index is 8.99. The van der Waals surface area contributed by atoms with Gasteiger partial charge in [-0.25, -0.2) is 0 Å². The van der Waals surface area contributed by atoms with Crippen LogP contribution in [0.5, 0.6) is 0 Å². The number of aliphatic hydroxyl groups excluding tert-OH is 1. The van der Waals surface area contributed by atoms with Gasteiger partial charge in [-0.15, -0.1) is 5.73 Å². The second-order valence-corrected chi connectivity index (χ2v) is 3.29. The number of hydrogen-bond acceptors (Lipinski definition) is 2. The van der Waals surface area contributed by atoms with Gasteiger partial charge < -0.3 is 9.84 Å². The van der Waals surface area contributed by atoms with E-state index in [0.717, 1.165) is 11.1 Å². The van der Waals surface area contributed by atoms with Crippen molar-refractivity contribution in [1.29, 1.82) is 0 Å². The Morgan fingerprint density at radius 2 is 2.13 bits per heavy atom. The smallest absolute Gasteiger partial charge is 0.108 e. The Morgan fingerprint density at radius 1 is 1.47 bits per heavy atom. The van der Waals surface area contributed by atoms with Crippen LogP contribution in [0.15, 0.2) is 41.6 Å². The molecule has 0 saturated heterocycles. The zero-order chi connectivity index (χ0) is 11.1. The number of hydrogen-bond donors (Lipinski definition) is 1. The summed E-state index contributed by atoms with van der Waals surface area (Å²) in [4.78, 5) is 0. The molecule has 0 bridgehead atoms. The summed E-state index contributed by atoms with van der Waals surface area (Å²) in [6.07, 6.45) is 1.63. The molecule has 1 N–H and O–H groups in total. The maximum Gasteiger partial charge on any atom is 0.108 e. The van der Waals surface area contributed by atoms with E-state index in [1.807, 2.05) is 43.3 Å². The van der Waals surface area contributed by atoms with Gasteiger partial charge in [0.05, 0.1) is 6.61 Å². The number of aliphatic hydroxyl groups is 1. The van der Waals surface area contributed by atoms with Crippen molar-refractivity contribution in [3.63, 3.8) is 0 Å². The van der Waals surface area contributed by atoms with E-state index in [-0.39, 0.29) is 12.7 Å². The van der Waals surface area contributed by atoms with Gasteiger partial charge in [-0.3, -0.25) is 0 Å². The molecule has 1 atom stereocenters. The number of benzene rings is 1. The van der Waals surface area contributed by atoms with E-state index in [0.29, 0.717) is 0 Å². The fourth-order valence-corrected chi connectivity index (χ4v) is 1.23. The average Bonchev–Trinajstić information content (AvgIpc) is 2.29. The van der Waals surface area contributed by atoms with Gasteiger partial charge in [0.25, 0.3) is 0 Å². The lowest BCUT2D eigenvalue weighted by atomic mass is 10.1. The van der Waals surface area contributed by atoms with E-state index >= 15 is 0 Å². The molecule has 80 valence electrons. The summed E-state index contributed by atoms with van der Waals surface area (Å²) in [6, 6.07) is 9.92. The molecule has 0 unspecified atom stereocenters. The standard InChI is InChI=1S/C13H16O2/c1-11(13(10-14)15-2)8-9-12-6-4-3-5-7-12/h3-7,9,13-14H,10H2,1-2H3/t8?,13-/m0/s1. The molecule has 0 fully saturated rings. The highest BCUT2D eigenvalue weighted by molar-refractivity contribution is 5.48. The predicted molar refractivity (Wildman–Crippen MR) is 61.5 cm³/mol. The Balaban J connectivity index is 2.82. The zero-order valence-electron chi connectivity index (χ0n) is 9.10. The normalized spacial score (nSPS) is 11.7. The van der Waals surface area contributed by atoms with E-state index in [1.165, 1.54) is 0 Å². The summed E-state index contributed by atoms with van der Waals surface area (Å²) in [6.45, 7) is 1.88. The van der Waals surface area contributed by atoms with Crippen LogP contribution in [0.25, 0.3) is 6.08 Å². The van der Waals surface area contributed by atoms with E-state index in [2.05, 4.69) is 5.73 Å². The van der Waals surface area contributed by atoms with Crippen molar-refractivity contribution in [2.24, 2.45) is 0 Å². The lowest BCUT2D eigenvalue weighted by Crippen LogP contribution is -2.16. The van der Waals surface area contributed by atoms with E-state index in [9.17, 15) is 0 Å². The molecule has 0 saturated carbocycles. The molecule has 1 aromatic carbocycles. The minimum Gasteiger partial charge on any atom is -0.393 e. The van der Waals surface area contributed by atoms with Gasteiger partial charge in [-0.2, -0.15) is 0 Å². The molecule has 1 aromatic rings. The highest BCUT2D eigenvalue weighted by Gasteiger charge is 2.05. The summed E-state index contributed by atoms with van der Waals surface area (Å²) in [7, 11) is 1.58. The third kappa shape index (κ3) is 3.72. The average molecular weight is 204 g/mol. The monoisotopic (exact) mass is 204 g/mol. The zero-order valence-corrected chi connectivity index (χ0v) is 9.10. The van der Waals surface area contributed by atoms with Gasteiger partial charge in [0.2, 0.25) is 0 Å². The molecule has 0 aliphatic heterocycles. The molecule has 0 spiro atoms. The second-order valence-electron chi connectivity index (χ2n) is 3.29. The number of ether oxygens (including phenoxy) is 1. The molecule has 15 heavy (non-hydrogen) atoms. The van der Waals surface area contributed by atoms with Crippen LogP contribution >= 0.6 is 0 Å². The maximum atomic E-state index is 8.99. The topological polar surface area (TPSA) is 29.5 Å². The summed E-state index contributed by atoms with van der Waals surface area (Å²) in [5.41, 5.74) is 5.09. The van der Waals surface area contributed by atoms with Crippen LogP contribution in [0, 0.1) is 0 Å².